The Kier molecular flexibility index (Phi) is 6.11. The van der Waals surface area contributed by atoms with E-state index in [0.29, 0.717) is 13.0 Å². The Morgan fingerprint density at radius 2 is 1.67 bits per heavy atom. The summed E-state index contributed by atoms with van der Waals surface area (Å²) in [6.07, 6.45) is 0.709. The first-order chi connectivity index (χ1) is 11.4. The molecule has 0 spiro atoms. The van der Waals surface area contributed by atoms with Gasteiger partial charge in [0.05, 0.1) is 11.4 Å². The number of nitrogens with zero attached hydrogens (tertiary/aromatic N) is 1. The second kappa shape index (κ2) is 8.08. The number of sulfonamides is 1. The summed E-state index contributed by atoms with van der Waals surface area (Å²) in [5.74, 6) is -0.316. The molecule has 1 amide bonds. The van der Waals surface area contributed by atoms with Gasteiger partial charge in [0.1, 0.15) is 0 Å². The van der Waals surface area contributed by atoms with Crippen LogP contribution in [0, 0.1) is 6.92 Å². The van der Waals surface area contributed by atoms with Crippen LogP contribution < -0.4 is 5.32 Å². The third kappa shape index (κ3) is 4.91. The molecule has 0 aromatic heterocycles. The number of carbonyl (C=O) groups excluding carboxylic acids is 1. The van der Waals surface area contributed by atoms with Gasteiger partial charge >= 0.3 is 0 Å². The summed E-state index contributed by atoms with van der Waals surface area (Å²) in [5.41, 5.74) is 2.11. The average molecular weight is 346 g/mol. The number of benzene rings is 2. The number of aryl methyl sites for hydroxylation is 1. The van der Waals surface area contributed by atoms with Crippen molar-refractivity contribution in [2.45, 2.75) is 18.2 Å². The molecule has 0 saturated carbocycles. The molecule has 0 heterocycles. The van der Waals surface area contributed by atoms with Crippen molar-refractivity contribution in [3.8, 4) is 0 Å². The Labute approximate surface area is 143 Å². The van der Waals surface area contributed by atoms with Gasteiger partial charge in [0.2, 0.25) is 15.9 Å². The topological polar surface area (TPSA) is 66.5 Å². The maximum Gasteiger partial charge on any atom is 0.243 e. The Morgan fingerprint density at radius 3 is 2.29 bits per heavy atom. The third-order valence-corrected chi connectivity index (χ3v) is 5.49. The molecule has 0 aliphatic rings. The molecule has 0 saturated heterocycles. The fourth-order valence-corrected chi connectivity index (χ4v) is 3.35. The van der Waals surface area contributed by atoms with Crippen molar-refractivity contribution >= 4 is 15.9 Å². The molecule has 0 fully saturated rings. The first kappa shape index (κ1) is 18.2. The van der Waals surface area contributed by atoms with Crippen LogP contribution >= 0.6 is 0 Å². The van der Waals surface area contributed by atoms with E-state index in [2.05, 4.69) is 5.32 Å². The number of likely N-dealkylation sites (N-methyl/N-ethyl adjacent to an activating group) is 1. The molecule has 0 radical (unpaired) electrons. The molecule has 0 aliphatic carbocycles. The predicted molar refractivity (Wildman–Crippen MR) is 94.2 cm³/mol. The van der Waals surface area contributed by atoms with Crippen LogP contribution in [0.1, 0.15) is 11.1 Å². The SMILES string of the molecule is Cc1ccc(S(=O)(=O)N(C)CC(=O)NCCc2ccccc2)cc1. The highest BCUT2D eigenvalue weighted by molar-refractivity contribution is 7.89. The summed E-state index contributed by atoms with van der Waals surface area (Å²) in [4.78, 5) is 12.1. The highest BCUT2D eigenvalue weighted by Gasteiger charge is 2.22. The standard InChI is InChI=1S/C18H22N2O3S/c1-15-8-10-17(11-9-15)24(22,23)20(2)14-18(21)19-13-12-16-6-4-3-5-7-16/h3-11H,12-14H2,1-2H3,(H,19,21). The van der Waals surface area contributed by atoms with Crippen molar-refractivity contribution in [3.05, 3.63) is 65.7 Å². The summed E-state index contributed by atoms with van der Waals surface area (Å²) in [5, 5.41) is 2.75. The molecule has 2 aromatic carbocycles. The number of amides is 1. The summed E-state index contributed by atoms with van der Waals surface area (Å²) in [6.45, 7) is 2.16. The van der Waals surface area contributed by atoms with E-state index in [1.807, 2.05) is 37.3 Å². The molecule has 0 atom stereocenters. The number of rotatable bonds is 7. The fraction of sp³-hybridized carbons (Fsp3) is 0.278. The van der Waals surface area contributed by atoms with Gasteiger partial charge in [-0.05, 0) is 31.0 Å². The quantitative estimate of drug-likeness (QED) is 0.833. The van der Waals surface area contributed by atoms with E-state index >= 15 is 0 Å². The molecule has 1 N–H and O–H groups in total. The van der Waals surface area contributed by atoms with Crippen LogP contribution in [0.15, 0.2) is 59.5 Å². The van der Waals surface area contributed by atoms with E-state index in [-0.39, 0.29) is 17.3 Å². The second-order valence-electron chi connectivity index (χ2n) is 5.66. The van der Waals surface area contributed by atoms with Crippen molar-refractivity contribution in [1.82, 2.24) is 9.62 Å². The van der Waals surface area contributed by atoms with Crippen LogP contribution in [-0.4, -0.2) is 38.8 Å². The van der Waals surface area contributed by atoms with Crippen LogP contribution in [0.25, 0.3) is 0 Å². The number of hydrogen-bond donors (Lipinski definition) is 1. The zero-order valence-electron chi connectivity index (χ0n) is 13.9. The van der Waals surface area contributed by atoms with E-state index in [4.69, 9.17) is 0 Å². The van der Waals surface area contributed by atoms with Gasteiger partial charge in [-0.15, -0.1) is 0 Å². The van der Waals surface area contributed by atoms with E-state index in [9.17, 15) is 13.2 Å². The molecule has 0 aliphatic heterocycles. The summed E-state index contributed by atoms with van der Waals surface area (Å²) in [6, 6.07) is 16.4. The molecule has 6 heteroatoms. The number of nitrogens with one attached hydrogen (secondary N) is 1. The Hall–Kier alpha value is -2.18. The van der Waals surface area contributed by atoms with Gasteiger partial charge in [0.25, 0.3) is 0 Å². The normalized spacial score (nSPS) is 11.5. The van der Waals surface area contributed by atoms with Crippen molar-refractivity contribution < 1.29 is 13.2 Å². The highest BCUT2D eigenvalue weighted by Crippen LogP contribution is 2.14. The second-order valence-corrected chi connectivity index (χ2v) is 7.70. The molecular weight excluding hydrogens is 324 g/mol. The highest BCUT2D eigenvalue weighted by atomic mass is 32.2. The van der Waals surface area contributed by atoms with Crippen LogP contribution in [0.3, 0.4) is 0 Å². The Morgan fingerprint density at radius 1 is 1.04 bits per heavy atom. The average Bonchev–Trinajstić information content (AvgIpc) is 2.56. The molecule has 128 valence electrons. The van der Waals surface area contributed by atoms with Crippen LogP contribution in [0.5, 0.6) is 0 Å². The molecule has 0 unspecified atom stereocenters. The van der Waals surface area contributed by atoms with Gasteiger partial charge in [-0.1, -0.05) is 48.0 Å². The van der Waals surface area contributed by atoms with Gasteiger partial charge in [-0.2, -0.15) is 4.31 Å². The van der Waals surface area contributed by atoms with E-state index < -0.39 is 10.0 Å². The van der Waals surface area contributed by atoms with Crippen molar-refractivity contribution in [2.75, 3.05) is 20.1 Å². The zero-order valence-corrected chi connectivity index (χ0v) is 14.7. The van der Waals surface area contributed by atoms with Gasteiger partial charge in [0.15, 0.2) is 0 Å². The minimum atomic E-state index is -3.66. The summed E-state index contributed by atoms with van der Waals surface area (Å²) < 4.78 is 25.9. The Balaban J connectivity index is 1.87. The van der Waals surface area contributed by atoms with Crippen molar-refractivity contribution in [1.29, 1.82) is 0 Å². The first-order valence-electron chi connectivity index (χ1n) is 7.73. The predicted octanol–water partition coefficient (Wildman–Crippen LogP) is 1.97. The largest absolute Gasteiger partial charge is 0.355 e. The monoisotopic (exact) mass is 346 g/mol. The van der Waals surface area contributed by atoms with E-state index in [0.717, 1.165) is 15.4 Å². The van der Waals surface area contributed by atoms with Crippen LogP contribution in [-0.2, 0) is 21.2 Å². The first-order valence-corrected chi connectivity index (χ1v) is 9.17. The summed E-state index contributed by atoms with van der Waals surface area (Å²) in [7, 11) is -2.25. The lowest BCUT2D eigenvalue weighted by atomic mass is 10.1. The van der Waals surface area contributed by atoms with Crippen LogP contribution in [0.4, 0.5) is 0 Å². The molecule has 0 bridgehead atoms. The van der Waals surface area contributed by atoms with E-state index in [1.54, 1.807) is 24.3 Å². The van der Waals surface area contributed by atoms with Crippen molar-refractivity contribution in [2.24, 2.45) is 0 Å². The van der Waals surface area contributed by atoms with Crippen molar-refractivity contribution in [3.63, 3.8) is 0 Å². The lowest BCUT2D eigenvalue weighted by Crippen LogP contribution is -2.39. The molecule has 2 rings (SSSR count). The molecule has 2 aromatic rings. The maximum absolute atomic E-state index is 12.4. The smallest absolute Gasteiger partial charge is 0.243 e. The minimum absolute atomic E-state index is 0.188. The number of carbonyl (C=O) groups is 1. The fourth-order valence-electron chi connectivity index (χ4n) is 2.22. The Bertz CT molecular complexity index is 772. The summed E-state index contributed by atoms with van der Waals surface area (Å²) >= 11 is 0. The third-order valence-electron chi connectivity index (χ3n) is 3.67. The lowest BCUT2D eigenvalue weighted by Gasteiger charge is -2.17. The number of hydrogen-bond acceptors (Lipinski definition) is 3. The van der Waals surface area contributed by atoms with Gasteiger partial charge in [-0.3, -0.25) is 4.79 Å². The lowest BCUT2D eigenvalue weighted by molar-refractivity contribution is -0.121. The molecular formula is C18H22N2O3S. The van der Waals surface area contributed by atoms with Crippen LogP contribution in [0.2, 0.25) is 0 Å². The maximum atomic E-state index is 12.4. The zero-order chi connectivity index (χ0) is 17.6. The molecule has 24 heavy (non-hydrogen) atoms. The van der Waals surface area contributed by atoms with Gasteiger partial charge in [-0.25, -0.2) is 8.42 Å². The van der Waals surface area contributed by atoms with E-state index in [1.165, 1.54) is 7.05 Å². The van der Waals surface area contributed by atoms with Gasteiger partial charge in [0, 0.05) is 13.6 Å². The minimum Gasteiger partial charge on any atom is -0.355 e. The van der Waals surface area contributed by atoms with Gasteiger partial charge < -0.3 is 5.32 Å². The molecule has 5 nitrogen and oxygen atoms in total.